The molecule has 4 heterocycles. The van der Waals surface area contributed by atoms with Crippen LogP contribution >= 0.6 is 0 Å². The highest BCUT2D eigenvalue weighted by Crippen LogP contribution is 2.35. The summed E-state index contributed by atoms with van der Waals surface area (Å²) in [6.07, 6.45) is 6.22. The van der Waals surface area contributed by atoms with E-state index in [0.717, 1.165) is 55.3 Å². The van der Waals surface area contributed by atoms with Crippen LogP contribution in [0.4, 0.5) is 23.1 Å². The van der Waals surface area contributed by atoms with E-state index in [-0.39, 0.29) is 0 Å². The lowest BCUT2D eigenvalue weighted by molar-refractivity contribution is 0.0991. The van der Waals surface area contributed by atoms with Crippen molar-refractivity contribution in [2.75, 3.05) is 35.2 Å². The first-order chi connectivity index (χ1) is 15.2. The smallest absolute Gasteiger partial charge is 0.227 e. The molecule has 1 aromatic carbocycles. The molecule has 0 saturated carbocycles. The van der Waals surface area contributed by atoms with Gasteiger partial charge in [0, 0.05) is 42.4 Å². The molecule has 2 N–H and O–H groups in total. The molecule has 2 aliphatic rings. The molecule has 2 aromatic heterocycles. The van der Waals surface area contributed by atoms with Crippen LogP contribution in [0.1, 0.15) is 25.3 Å². The Morgan fingerprint density at radius 1 is 1.16 bits per heavy atom. The summed E-state index contributed by atoms with van der Waals surface area (Å²) in [5.74, 6) is 1.46. The lowest BCUT2D eigenvalue weighted by atomic mass is 10.1. The Kier molecular flexibility index (Phi) is 5.42. The third-order valence-corrected chi connectivity index (χ3v) is 5.93. The first-order valence-corrected chi connectivity index (χ1v) is 11.0. The highest BCUT2D eigenvalue weighted by atomic mass is 16.5. The van der Waals surface area contributed by atoms with Gasteiger partial charge < -0.3 is 20.3 Å². The van der Waals surface area contributed by atoms with Crippen LogP contribution in [0.3, 0.4) is 0 Å². The highest BCUT2D eigenvalue weighted by Gasteiger charge is 2.39. The summed E-state index contributed by atoms with van der Waals surface area (Å²) in [7, 11) is 0. The first-order valence-electron chi connectivity index (χ1n) is 11.0. The fourth-order valence-corrected chi connectivity index (χ4v) is 4.36. The van der Waals surface area contributed by atoms with Crippen molar-refractivity contribution in [1.82, 2.24) is 15.0 Å². The average Bonchev–Trinajstić information content (AvgIpc) is 3.42. The van der Waals surface area contributed by atoms with Crippen LogP contribution in [0.2, 0.25) is 0 Å². The molecule has 2 unspecified atom stereocenters. The maximum atomic E-state index is 5.74. The van der Waals surface area contributed by atoms with E-state index in [1.54, 1.807) is 6.20 Å². The number of aryl methyl sites for hydroxylation is 1. The van der Waals surface area contributed by atoms with Gasteiger partial charge in [0.05, 0.1) is 24.4 Å². The molecule has 3 aromatic rings. The lowest BCUT2D eigenvalue weighted by Crippen LogP contribution is -2.37. The van der Waals surface area contributed by atoms with Gasteiger partial charge >= 0.3 is 0 Å². The fourth-order valence-electron chi connectivity index (χ4n) is 4.36. The number of nitrogens with zero attached hydrogens (tertiary/aromatic N) is 4. The molecule has 5 rings (SSSR count). The van der Waals surface area contributed by atoms with Crippen molar-refractivity contribution in [2.24, 2.45) is 0 Å². The summed E-state index contributed by atoms with van der Waals surface area (Å²) < 4.78 is 5.74. The number of fused-ring (bicyclic) bond motifs is 2. The Balaban J connectivity index is 1.30. The van der Waals surface area contributed by atoms with Crippen molar-refractivity contribution in [3.8, 4) is 11.3 Å². The third-order valence-electron chi connectivity index (χ3n) is 5.93. The molecule has 2 aliphatic heterocycles. The number of anilines is 4. The summed E-state index contributed by atoms with van der Waals surface area (Å²) in [4.78, 5) is 16.0. The number of hydrogen-bond donors (Lipinski definition) is 2. The molecule has 0 aliphatic carbocycles. The maximum Gasteiger partial charge on any atom is 0.227 e. The van der Waals surface area contributed by atoms with Gasteiger partial charge in [0.25, 0.3) is 0 Å². The second kappa shape index (κ2) is 8.51. The van der Waals surface area contributed by atoms with Gasteiger partial charge in [0.1, 0.15) is 5.82 Å². The monoisotopic (exact) mass is 416 g/mol. The Labute approximate surface area is 182 Å². The van der Waals surface area contributed by atoms with Gasteiger partial charge in [0.2, 0.25) is 5.95 Å². The minimum Gasteiger partial charge on any atom is -0.374 e. The van der Waals surface area contributed by atoms with Crippen molar-refractivity contribution < 1.29 is 4.74 Å². The number of ether oxygens (including phenoxy) is 1. The number of pyridine rings is 1. The average molecular weight is 417 g/mol. The van der Waals surface area contributed by atoms with E-state index in [2.05, 4.69) is 62.5 Å². The zero-order chi connectivity index (χ0) is 21.2. The zero-order valence-corrected chi connectivity index (χ0v) is 18.0. The SMILES string of the molecule is CCCNc1ccc(-c2ccnc(Nc3ccc(N4CC5CC4CO5)c(C)c3)n2)cn1. The van der Waals surface area contributed by atoms with E-state index in [1.807, 2.05) is 24.4 Å². The molecule has 7 nitrogen and oxygen atoms in total. The predicted molar refractivity (Wildman–Crippen MR) is 124 cm³/mol. The second-order valence-corrected chi connectivity index (χ2v) is 8.25. The molecule has 31 heavy (non-hydrogen) atoms. The lowest BCUT2D eigenvalue weighted by Gasteiger charge is -2.30. The van der Waals surface area contributed by atoms with Gasteiger partial charge in [-0.05, 0) is 61.7 Å². The molecule has 2 saturated heterocycles. The van der Waals surface area contributed by atoms with Crippen molar-refractivity contribution in [2.45, 2.75) is 38.8 Å². The Bertz CT molecular complexity index is 1050. The van der Waals surface area contributed by atoms with Crippen LogP contribution in [0.5, 0.6) is 0 Å². The van der Waals surface area contributed by atoms with Crippen molar-refractivity contribution in [3.63, 3.8) is 0 Å². The Morgan fingerprint density at radius 2 is 2.10 bits per heavy atom. The number of hydrogen-bond acceptors (Lipinski definition) is 7. The van der Waals surface area contributed by atoms with Crippen LogP contribution in [0.15, 0.2) is 48.8 Å². The van der Waals surface area contributed by atoms with E-state index >= 15 is 0 Å². The normalized spacial score (nSPS) is 19.6. The van der Waals surface area contributed by atoms with Crippen LogP contribution in [-0.2, 0) is 4.74 Å². The molecule has 0 radical (unpaired) electrons. The topological polar surface area (TPSA) is 75.2 Å². The largest absolute Gasteiger partial charge is 0.374 e. The van der Waals surface area contributed by atoms with Crippen LogP contribution in [0.25, 0.3) is 11.3 Å². The second-order valence-electron chi connectivity index (χ2n) is 8.25. The van der Waals surface area contributed by atoms with E-state index in [9.17, 15) is 0 Å². The third kappa shape index (κ3) is 4.18. The summed E-state index contributed by atoms with van der Waals surface area (Å²) in [5, 5.41) is 6.64. The van der Waals surface area contributed by atoms with Crippen LogP contribution in [0, 0.1) is 6.92 Å². The predicted octanol–water partition coefficient (Wildman–Crippen LogP) is 4.39. The summed E-state index contributed by atoms with van der Waals surface area (Å²) in [6.45, 7) is 7.04. The van der Waals surface area contributed by atoms with Gasteiger partial charge in [-0.1, -0.05) is 6.92 Å². The number of morpholine rings is 1. The van der Waals surface area contributed by atoms with Crippen molar-refractivity contribution in [1.29, 1.82) is 0 Å². The first kappa shape index (κ1) is 19.8. The number of rotatable bonds is 7. The van der Waals surface area contributed by atoms with Gasteiger partial charge in [-0.25, -0.2) is 15.0 Å². The van der Waals surface area contributed by atoms with E-state index in [4.69, 9.17) is 4.74 Å². The highest BCUT2D eigenvalue weighted by molar-refractivity contribution is 5.66. The van der Waals surface area contributed by atoms with E-state index < -0.39 is 0 Å². The van der Waals surface area contributed by atoms with E-state index in [0.29, 0.717) is 18.1 Å². The van der Waals surface area contributed by atoms with Crippen LogP contribution in [-0.4, -0.2) is 46.8 Å². The quantitative estimate of drug-likeness (QED) is 0.592. The van der Waals surface area contributed by atoms with Gasteiger partial charge in [0.15, 0.2) is 0 Å². The fraction of sp³-hybridized carbons (Fsp3) is 0.375. The minimum atomic E-state index is 0.393. The number of benzene rings is 1. The van der Waals surface area contributed by atoms with Crippen molar-refractivity contribution in [3.05, 3.63) is 54.4 Å². The molecule has 2 bridgehead atoms. The van der Waals surface area contributed by atoms with Gasteiger partial charge in [-0.15, -0.1) is 0 Å². The number of aromatic nitrogens is 3. The molecule has 7 heteroatoms. The minimum absolute atomic E-state index is 0.393. The molecule has 0 amide bonds. The molecule has 0 spiro atoms. The van der Waals surface area contributed by atoms with Crippen LogP contribution < -0.4 is 15.5 Å². The van der Waals surface area contributed by atoms with Crippen molar-refractivity contribution >= 4 is 23.1 Å². The molecular weight excluding hydrogens is 388 g/mol. The molecule has 160 valence electrons. The van der Waals surface area contributed by atoms with E-state index in [1.165, 1.54) is 11.3 Å². The van der Waals surface area contributed by atoms with Gasteiger partial charge in [-0.2, -0.15) is 0 Å². The van der Waals surface area contributed by atoms with Gasteiger partial charge in [-0.3, -0.25) is 0 Å². The Hall–Kier alpha value is -3.19. The summed E-state index contributed by atoms with van der Waals surface area (Å²) >= 11 is 0. The zero-order valence-electron chi connectivity index (χ0n) is 18.0. The Morgan fingerprint density at radius 3 is 2.81 bits per heavy atom. The molecular formula is C24H28N6O. The molecule has 2 fully saturated rings. The summed E-state index contributed by atoms with van der Waals surface area (Å²) in [6, 6.07) is 12.9. The molecule has 2 atom stereocenters. The number of nitrogens with one attached hydrogen (secondary N) is 2. The standard InChI is InChI=1S/C24H28N6O/c1-3-9-25-23-7-4-17(13-27-23)21-8-10-26-24(29-21)28-18-5-6-22(16(2)11-18)30-14-20-12-19(30)15-31-20/h4-8,10-11,13,19-20H,3,9,12,14-15H2,1-2H3,(H,25,27)(H,26,28,29). The summed E-state index contributed by atoms with van der Waals surface area (Å²) in [5.41, 5.74) is 5.32. The maximum absolute atomic E-state index is 5.74.